The highest BCUT2D eigenvalue weighted by atomic mass is 16.6. The molecule has 1 atom stereocenters. The lowest BCUT2D eigenvalue weighted by Crippen LogP contribution is -2.46. The molecular weight excluding hydrogens is 374 g/mol. The molecule has 1 amide bonds. The molecule has 5 heteroatoms. The molecule has 3 aromatic rings. The van der Waals surface area contributed by atoms with E-state index >= 15 is 0 Å². The van der Waals surface area contributed by atoms with Crippen molar-refractivity contribution in [3.8, 4) is 11.3 Å². The van der Waals surface area contributed by atoms with Crippen molar-refractivity contribution in [3.05, 3.63) is 78.2 Å². The number of rotatable bonds is 5. The van der Waals surface area contributed by atoms with Crippen LogP contribution in [-0.4, -0.2) is 33.7 Å². The SMILES string of the molecule is CC(C)(C)C(c1nc(-c2ccccc2)cn1Cc1ccccc1)N1CCCOC1=O. The number of carbonyl (C=O) groups excluding carboxylic acids is 1. The Morgan fingerprint density at radius 3 is 2.33 bits per heavy atom. The number of amides is 1. The number of hydrogen-bond acceptors (Lipinski definition) is 3. The number of imidazole rings is 1. The van der Waals surface area contributed by atoms with Crippen molar-refractivity contribution in [1.29, 1.82) is 0 Å². The fourth-order valence-electron chi connectivity index (χ4n) is 4.10. The Morgan fingerprint density at radius 1 is 1.03 bits per heavy atom. The third kappa shape index (κ3) is 4.25. The highest BCUT2D eigenvalue weighted by Gasteiger charge is 2.40. The number of benzene rings is 2. The number of carbonyl (C=O) groups is 1. The summed E-state index contributed by atoms with van der Waals surface area (Å²) in [6.07, 6.45) is 2.69. The van der Waals surface area contributed by atoms with Gasteiger partial charge in [0.2, 0.25) is 0 Å². The van der Waals surface area contributed by atoms with Gasteiger partial charge in [0.05, 0.1) is 18.3 Å². The fourth-order valence-corrected chi connectivity index (χ4v) is 4.10. The van der Waals surface area contributed by atoms with E-state index in [1.165, 1.54) is 5.56 Å². The van der Waals surface area contributed by atoms with Gasteiger partial charge >= 0.3 is 6.09 Å². The summed E-state index contributed by atoms with van der Waals surface area (Å²) >= 11 is 0. The van der Waals surface area contributed by atoms with E-state index in [4.69, 9.17) is 9.72 Å². The average Bonchev–Trinajstić information content (AvgIpc) is 3.13. The quantitative estimate of drug-likeness (QED) is 0.563. The van der Waals surface area contributed by atoms with E-state index < -0.39 is 0 Å². The van der Waals surface area contributed by atoms with Gasteiger partial charge in [0.1, 0.15) is 5.82 Å². The smallest absolute Gasteiger partial charge is 0.410 e. The third-order valence-electron chi connectivity index (χ3n) is 5.45. The maximum Gasteiger partial charge on any atom is 0.410 e. The van der Waals surface area contributed by atoms with Crippen LogP contribution in [0.4, 0.5) is 4.79 Å². The maximum absolute atomic E-state index is 12.7. The van der Waals surface area contributed by atoms with Crippen LogP contribution in [0, 0.1) is 5.41 Å². The van der Waals surface area contributed by atoms with Crippen LogP contribution < -0.4 is 0 Å². The summed E-state index contributed by atoms with van der Waals surface area (Å²) < 4.78 is 7.58. The average molecular weight is 404 g/mol. The second kappa shape index (κ2) is 8.34. The van der Waals surface area contributed by atoms with Gasteiger partial charge < -0.3 is 9.30 Å². The molecule has 2 heterocycles. The van der Waals surface area contributed by atoms with Gasteiger partial charge in [-0.3, -0.25) is 4.90 Å². The first kappa shape index (κ1) is 20.2. The van der Waals surface area contributed by atoms with Crippen LogP contribution in [0.15, 0.2) is 66.9 Å². The highest BCUT2D eigenvalue weighted by molar-refractivity contribution is 5.69. The van der Waals surface area contributed by atoms with Gasteiger partial charge in [-0.2, -0.15) is 0 Å². The normalized spacial score (nSPS) is 15.7. The third-order valence-corrected chi connectivity index (χ3v) is 5.45. The van der Waals surface area contributed by atoms with Gasteiger partial charge in [0.15, 0.2) is 0 Å². The van der Waals surface area contributed by atoms with E-state index in [1.54, 1.807) is 0 Å². The summed E-state index contributed by atoms with van der Waals surface area (Å²) in [5.74, 6) is 0.893. The summed E-state index contributed by atoms with van der Waals surface area (Å²) in [6, 6.07) is 20.4. The molecule has 156 valence electrons. The number of cyclic esters (lactones) is 1. The van der Waals surface area contributed by atoms with Gasteiger partial charge in [-0.1, -0.05) is 81.4 Å². The van der Waals surface area contributed by atoms with Gasteiger partial charge in [0, 0.05) is 24.8 Å². The van der Waals surface area contributed by atoms with Crippen LogP contribution in [0.5, 0.6) is 0 Å². The maximum atomic E-state index is 12.7. The molecule has 30 heavy (non-hydrogen) atoms. The zero-order valence-corrected chi connectivity index (χ0v) is 17.9. The van der Waals surface area contributed by atoms with E-state index in [0.29, 0.717) is 19.7 Å². The molecule has 1 fully saturated rings. The van der Waals surface area contributed by atoms with Crippen LogP contribution >= 0.6 is 0 Å². The minimum atomic E-state index is -0.253. The monoisotopic (exact) mass is 403 g/mol. The Kier molecular flexibility index (Phi) is 5.62. The lowest BCUT2D eigenvalue weighted by Gasteiger charge is -2.40. The van der Waals surface area contributed by atoms with Crippen molar-refractivity contribution in [1.82, 2.24) is 14.5 Å². The van der Waals surface area contributed by atoms with Crippen molar-refractivity contribution in [2.75, 3.05) is 13.2 Å². The number of hydrogen-bond donors (Lipinski definition) is 0. The van der Waals surface area contributed by atoms with Crippen molar-refractivity contribution >= 4 is 6.09 Å². The standard InChI is InChI=1S/C25H29N3O2/c1-25(2,3)22(28-15-10-16-30-24(28)29)23-26-21(20-13-8-5-9-14-20)18-27(23)17-19-11-6-4-7-12-19/h4-9,11-14,18,22H,10,15-17H2,1-3H3. The van der Waals surface area contributed by atoms with Crippen LogP contribution in [0.1, 0.15) is 44.6 Å². The molecule has 0 radical (unpaired) electrons. The lowest BCUT2D eigenvalue weighted by molar-refractivity contribution is 0.0235. The van der Waals surface area contributed by atoms with E-state index in [1.807, 2.05) is 41.3 Å². The highest BCUT2D eigenvalue weighted by Crippen LogP contribution is 2.40. The van der Waals surface area contributed by atoms with Gasteiger partial charge in [0.25, 0.3) is 0 Å². The Labute approximate surface area is 178 Å². The van der Waals surface area contributed by atoms with Crippen molar-refractivity contribution in [3.63, 3.8) is 0 Å². The molecule has 1 aromatic heterocycles. The van der Waals surface area contributed by atoms with Crippen molar-refractivity contribution < 1.29 is 9.53 Å². The Morgan fingerprint density at radius 2 is 1.70 bits per heavy atom. The zero-order chi connectivity index (χ0) is 21.1. The molecule has 0 bridgehead atoms. The summed E-state index contributed by atoms with van der Waals surface area (Å²) in [6.45, 7) is 8.33. The van der Waals surface area contributed by atoms with Crippen LogP contribution in [0.2, 0.25) is 0 Å². The second-order valence-corrected chi connectivity index (χ2v) is 8.89. The molecule has 0 N–H and O–H groups in total. The molecule has 4 rings (SSSR count). The first-order chi connectivity index (χ1) is 14.4. The molecule has 2 aromatic carbocycles. The van der Waals surface area contributed by atoms with Crippen LogP contribution in [-0.2, 0) is 11.3 Å². The fraction of sp³-hybridized carbons (Fsp3) is 0.360. The van der Waals surface area contributed by atoms with E-state index in [9.17, 15) is 4.79 Å². The minimum Gasteiger partial charge on any atom is -0.449 e. The summed E-state index contributed by atoms with van der Waals surface area (Å²) in [5.41, 5.74) is 2.98. The molecule has 0 aliphatic carbocycles. The predicted molar refractivity (Wildman–Crippen MR) is 118 cm³/mol. The van der Waals surface area contributed by atoms with Crippen LogP contribution in [0.3, 0.4) is 0 Å². The zero-order valence-electron chi connectivity index (χ0n) is 17.9. The number of ether oxygens (including phenoxy) is 1. The lowest BCUT2D eigenvalue weighted by atomic mass is 9.84. The Bertz CT molecular complexity index is 990. The number of aromatic nitrogens is 2. The van der Waals surface area contributed by atoms with Gasteiger partial charge in [-0.05, 0) is 17.4 Å². The molecule has 1 saturated heterocycles. The minimum absolute atomic E-state index is 0.188. The molecule has 1 aliphatic heterocycles. The molecule has 1 aliphatic rings. The molecule has 1 unspecified atom stereocenters. The number of nitrogens with zero attached hydrogens (tertiary/aromatic N) is 3. The second-order valence-electron chi connectivity index (χ2n) is 8.89. The van der Waals surface area contributed by atoms with E-state index in [2.05, 4.69) is 55.8 Å². The first-order valence-electron chi connectivity index (χ1n) is 10.5. The topological polar surface area (TPSA) is 47.4 Å². The van der Waals surface area contributed by atoms with E-state index in [-0.39, 0.29) is 17.6 Å². The first-order valence-corrected chi connectivity index (χ1v) is 10.5. The predicted octanol–water partition coefficient (Wildman–Crippen LogP) is 5.53. The van der Waals surface area contributed by atoms with Gasteiger partial charge in [-0.15, -0.1) is 0 Å². The Balaban J connectivity index is 1.82. The summed E-state index contributed by atoms with van der Waals surface area (Å²) in [4.78, 5) is 19.6. The van der Waals surface area contributed by atoms with E-state index in [0.717, 1.165) is 23.5 Å². The molecular formula is C25H29N3O2. The largest absolute Gasteiger partial charge is 0.449 e. The summed E-state index contributed by atoms with van der Waals surface area (Å²) in [5, 5.41) is 0. The molecule has 0 saturated carbocycles. The van der Waals surface area contributed by atoms with Crippen LogP contribution in [0.25, 0.3) is 11.3 Å². The van der Waals surface area contributed by atoms with Gasteiger partial charge in [-0.25, -0.2) is 9.78 Å². The van der Waals surface area contributed by atoms with Crippen molar-refractivity contribution in [2.45, 2.75) is 39.8 Å². The molecule has 5 nitrogen and oxygen atoms in total. The molecule has 0 spiro atoms. The Hall–Kier alpha value is -3.08. The van der Waals surface area contributed by atoms with Crippen molar-refractivity contribution in [2.24, 2.45) is 5.41 Å². The summed E-state index contributed by atoms with van der Waals surface area (Å²) in [7, 11) is 0.